The summed E-state index contributed by atoms with van der Waals surface area (Å²) in [5.41, 5.74) is -1.04. The maximum absolute atomic E-state index is 12.5. The number of carbonyl (C=O) groups is 2. The predicted octanol–water partition coefficient (Wildman–Crippen LogP) is 4.09. The Morgan fingerprint density at radius 2 is 1.76 bits per heavy atom. The zero-order valence-electron chi connectivity index (χ0n) is 14.1. The lowest BCUT2D eigenvalue weighted by atomic mass is 10.1. The minimum atomic E-state index is -4.41. The number of benzene rings is 1. The molecule has 0 saturated carbocycles. The Labute approximate surface area is 143 Å². The largest absolute Gasteiger partial charge is 0.480 e. The van der Waals surface area contributed by atoms with Crippen LogP contribution in [0.4, 0.5) is 18.0 Å². The van der Waals surface area contributed by atoms with Crippen LogP contribution in [0.5, 0.6) is 0 Å². The summed E-state index contributed by atoms with van der Waals surface area (Å²) >= 11 is 0. The van der Waals surface area contributed by atoms with Gasteiger partial charge in [0.15, 0.2) is 0 Å². The molecule has 0 spiro atoms. The molecule has 0 aliphatic carbocycles. The molecular weight excluding hydrogens is 339 g/mol. The number of halogens is 3. The lowest BCUT2D eigenvalue weighted by Gasteiger charge is -2.21. The molecule has 1 aromatic carbocycles. The van der Waals surface area contributed by atoms with Crippen LogP contribution in [0, 0.1) is 0 Å². The molecule has 0 unspecified atom stereocenters. The number of hydrogen-bond acceptors (Lipinski definition) is 3. The molecule has 138 valence electrons. The molecule has 0 aromatic heterocycles. The van der Waals surface area contributed by atoms with E-state index in [4.69, 9.17) is 9.84 Å². The third-order valence-electron chi connectivity index (χ3n) is 2.91. The highest BCUT2D eigenvalue weighted by Gasteiger charge is 2.29. The van der Waals surface area contributed by atoms with Crippen LogP contribution in [0.1, 0.15) is 38.3 Å². The fraction of sp³-hybridized carbons (Fsp3) is 0.412. The summed E-state index contributed by atoms with van der Waals surface area (Å²) in [5, 5.41) is 11.3. The van der Waals surface area contributed by atoms with E-state index in [-0.39, 0.29) is 6.42 Å². The van der Waals surface area contributed by atoms with Crippen LogP contribution < -0.4 is 5.32 Å². The van der Waals surface area contributed by atoms with Crippen molar-refractivity contribution in [3.8, 4) is 0 Å². The molecule has 0 fully saturated rings. The van der Waals surface area contributed by atoms with E-state index in [2.05, 4.69) is 5.32 Å². The van der Waals surface area contributed by atoms with Crippen molar-refractivity contribution in [3.63, 3.8) is 0 Å². The van der Waals surface area contributed by atoms with Gasteiger partial charge < -0.3 is 15.2 Å². The van der Waals surface area contributed by atoms with E-state index in [0.29, 0.717) is 5.56 Å². The smallest absolute Gasteiger partial charge is 0.416 e. The van der Waals surface area contributed by atoms with Crippen molar-refractivity contribution in [2.45, 2.75) is 45.0 Å². The van der Waals surface area contributed by atoms with Gasteiger partial charge in [0, 0.05) is 0 Å². The van der Waals surface area contributed by atoms with Crippen molar-refractivity contribution in [1.29, 1.82) is 0 Å². The number of carboxylic acids is 1. The minimum absolute atomic E-state index is 0.0460. The van der Waals surface area contributed by atoms with E-state index in [0.717, 1.165) is 12.1 Å². The molecule has 25 heavy (non-hydrogen) atoms. The summed E-state index contributed by atoms with van der Waals surface area (Å²) in [6, 6.07) is 3.22. The number of nitrogens with one attached hydrogen (secondary N) is 1. The number of rotatable bonds is 5. The van der Waals surface area contributed by atoms with Crippen molar-refractivity contribution in [1.82, 2.24) is 5.32 Å². The van der Waals surface area contributed by atoms with Crippen LogP contribution in [0.15, 0.2) is 30.3 Å². The number of amides is 1. The van der Waals surface area contributed by atoms with Gasteiger partial charge in [0.25, 0.3) is 0 Å². The predicted molar refractivity (Wildman–Crippen MR) is 85.9 cm³/mol. The molecular formula is C17H20F3NO4. The van der Waals surface area contributed by atoms with Crippen LogP contribution in [0.3, 0.4) is 0 Å². The topological polar surface area (TPSA) is 75.6 Å². The summed E-state index contributed by atoms with van der Waals surface area (Å²) in [7, 11) is 0. The SMILES string of the molecule is CC(C)(C)OC(=O)N[C@@H](C/C=C/c1ccc(C(F)(F)F)cc1)C(=O)O. The monoisotopic (exact) mass is 359 g/mol. The van der Waals surface area contributed by atoms with Crippen molar-refractivity contribution >= 4 is 18.1 Å². The van der Waals surface area contributed by atoms with Gasteiger partial charge in [0.2, 0.25) is 0 Å². The van der Waals surface area contributed by atoms with Crippen LogP contribution in [-0.4, -0.2) is 28.8 Å². The van der Waals surface area contributed by atoms with Gasteiger partial charge in [0.05, 0.1) is 5.56 Å². The number of aliphatic carboxylic acids is 1. The van der Waals surface area contributed by atoms with Crippen molar-refractivity contribution in [2.24, 2.45) is 0 Å². The third kappa shape index (κ3) is 7.73. The van der Waals surface area contributed by atoms with Gasteiger partial charge in [-0.05, 0) is 44.9 Å². The van der Waals surface area contributed by atoms with E-state index in [1.54, 1.807) is 20.8 Å². The first kappa shape index (κ1) is 20.5. The minimum Gasteiger partial charge on any atom is -0.480 e. The second kappa shape index (κ2) is 8.04. The average Bonchev–Trinajstić information content (AvgIpc) is 2.43. The molecule has 1 aromatic rings. The molecule has 2 N–H and O–H groups in total. The van der Waals surface area contributed by atoms with Crippen molar-refractivity contribution < 1.29 is 32.6 Å². The number of ether oxygens (including phenoxy) is 1. The number of carboxylic acid groups (broad SMARTS) is 1. The van der Waals surface area contributed by atoms with Gasteiger partial charge in [-0.25, -0.2) is 9.59 Å². The quantitative estimate of drug-likeness (QED) is 0.830. The van der Waals surface area contributed by atoms with E-state index in [1.165, 1.54) is 24.3 Å². The van der Waals surface area contributed by atoms with Crippen molar-refractivity contribution in [2.75, 3.05) is 0 Å². The Kier molecular flexibility index (Phi) is 6.61. The fourth-order valence-electron chi connectivity index (χ4n) is 1.79. The van der Waals surface area contributed by atoms with E-state index in [9.17, 15) is 22.8 Å². The molecule has 1 rings (SSSR count). The van der Waals surface area contributed by atoms with Crippen LogP contribution in [0.2, 0.25) is 0 Å². The summed E-state index contributed by atoms with van der Waals surface area (Å²) in [5.74, 6) is -1.25. The van der Waals surface area contributed by atoms with E-state index < -0.39 is 35.4 Å². The lowest BCUT2D eigenvalue weighted by Crippen LogP contribution is -2.43. The van der Waals surface area contributed by atoms with E-state index in [1.807, 2.05) is 0 Å². The van der Waals surface area contributed by atoms with Gasteiger partial charge in [-0.1, -0.05) is 24.3 Å². The molecule has 0 saturated heterocycles. The molecule has 1 atom stereocenters. The van der Waals surface area contributed by atoms with Crippen LogP contribution in [-0.2, 0) is 15.7 Å². The Morgan fingerprint density at radius 1 is 1.20 bits per heavy atom. The summed E-state index contributed by atoms with van der Waals surface area (Å²) in [6.45, 7) is 4.94. The maximum Gasteiger partial charge on any atom is 0.416 e. The molecule has 8 heteroatoms. The highest BCUT2D eigenvalue weighted by atomic mass is 19.4. The standard InChI is InChI=1S/C17H20F3NO4/c1-16(2,3)25-15(24)21-13(14(22)23)6-4-5-11-7-9-12(10-8-11)17(18,19)20/h4-5,7-10,13H,6H2,1-3H3,(H,21,24)(H,22,23)/b5-4+/t13-/m0/s1. The fourth-order valence-corrected chi connectivity index (χ4v) is 1.79. The number of alkyl halides is 3. The van der Waals surface area contributed by atoms with Gasteiger partial charge in [0.1, 0.15) is 11.6 Å². The molecule has 5 nitrogen and oxygen atoms in total. The zero-order valence-corrected chi connectivity index (χ0v) is 14.1. The highest BCUT2D eigenvalue weighted by molar-refractivity contribution is 5.80. The van der Waals surface area contributed by atoms with E-state index >= 15 is 0 Å². The normalized spacial score (nSPS) is 13.5. The second-order valence-electron chi connectivity index (χ2n) is 6.29. The molecule has 0 heterocycles. The van der Waals surface area contributed by atoms with Gasteiger partial charge >= 0.3 is 18.2 Å². The molecule has 0 aliphatic rings. The Hall–Kier alpha value is -2.51. The zero-order chi connectivity index (χ0) is 19.3. The molecule has 0 radical (unpaired) electrons. The van der Waals surface area contributed by atoms with Crippen LogP contribution >= 0.6 is 0 Å². The first-order valence-corrected chi connectivity index (χ1v) is 7.44. The average molecular weight is 359 g/mol. The number of carbonyl (C=O) groups excluding carboxylic acids is 1. The first-order chi connectivity index (χ1) is 11.4. The third-order valence-corrected chi connectivity index (χ3v) is 2.91. The lowest BCUT2D eigenvalue weighted by molar-refractivity contribution is -0.139. The molecule has 1 amide bonds. The molecule has 0 aliphatic heterocycles. The van der Waals surface area contributed by atoms with Gasteiger partial charge in [-0.3, -0.25) is 0 Å². The maximum atomic E-state index is 12.5. The second-order valence-corrected chi connectivity index (χ2v) is 6.29. The molecule has 0 bridgehead atoms. The van der Waals surface area contributed by atoms with Crippen LogP contribution in [0.25, 0.3) is 6.08 Å². The van der Waals surface area contributed by atoms with Crippen molar-refractivity contribution in [3.05, 3.63) is 41.5 Å². The summed E-state index contributed by atoms with van der Waals surface area (Å²) in [4.78, 5) is 22.8. The Morgan fingerprint density at radius 3 is 2.20 bits per heavy atom. The highest BCUT2D eigenvalue weighted by Crippen LogP contribution is 2.29. The van der Waals surface area contributed by atoms with Gasteiger partial charge in [-0.2, -0.15) is 13.2 Å². The number of hydrogen-bond donors (Lipinski definition) is 2. The summed E-state index contributed by atoms with van der Waals surface area (Å²) in [6.07, 6.45) is -2.38. The number of alkyl carbamates (subject to hydrolysis) is 1. The first-order valence-electron chi connectivity index (χ1n) is 7.44. The Bertz CT molecular complexity index is 631. The summed E-state index contributed by atoms with van der Waals surface area (Å²) < 4.78 is 42.4. The Balaban J connectivity index is 2.67. The van der Waals surface area contributed by atoms with Gasteiger partial charge in [-0.15, -0.1) is 0 Å².